The molecular formula is C11H15ClN4O. The first-order chi connectivity index (χ1) is 8.11. The monoisotopic (exact) mass is 254 g/mol. The van der Waals surface area contributed by atoms with Gasteiger partial charge in [-0.1, -0.05) is 11.3 Å². The lowest BCUT2D eigenvalue weighted by atomic mass is 10.3. The van der Waals surface area contributed by atoms with Gasteiger partial charge >= 0.3 is 0 Å². The Labute approximate surface area is 105 Å². The summed E-state index contributed by atoms with van der Waals surface area (Å²) in [5, 5.41) is 12.2. The third kappa shape index (κ3) is 5.31. The van der Waals surface area contributed by atoms with Crippen LogP contribution in [0.3, 0.4) is 0 Å². The number of carbonyl (C=O) groups is 1. The fraction of sp³-hybridized carbons (Fsp3) is 0.364. The standard InChI is InChI=1S/C11H15ClN4O/c1-16(2)15-14-10-5-3-4-9(8-10)13-11(17)6-7-12/h3-5,8H,6-7H2,1-2H3,(H,13,17). The molecule has 1 aromatic carbocycles. The molecule has 1 aromatic rings. The SMILES string of the molecule is CN(C)N=Nc1cccc(NC(=O)CCCl)c1. The lowest BCUT2D eigenvalue weighted by Gasteiger charge is -2.05. The minimum Gasteiger partial charge on any atom is -0.326 e. The van der Waals surface area contributed by atoms with Crippen LogP contribution in [0.5, 0.6) is 0 Å². The fourth-order valence-corrected chi connectivity index (χ4v) is 1.27. The van der Waals surface area contributed by atoms with E-state index in [9.17, 15) is 4.79 Å². The van der Waals surface area contributed by atoms with Gasteiger partial charge < -0.3 is 5.32 Å². The van der Waals surface area contributed by atoms with Crippen LogP contribution in [0.15, 0.2) is 34.6 Å². The van der Waals surface area contributed by atoms with Crippen molar-refractivity contribution in [3.05, 3.63) is 24.3 Å². The van der Waals surface area contributed by atoms with Gasteiger partial charge in [0.2, 0.25) is 5.91 Å². The molecule has 0 radical (unpaired) electrons. The average molecular weight is 255 g/mol. The molecule has 17 heavy (non-hydrogen) atoms. The topological polar surface area (TPSA) is 57.1 Å². The third-order valence-electron chi connectivity index (χ3n) is 1.79. The van der Waals surface area contributed by atoms with Crippen molar-refractivity contribution in [1.29, 1.82) is 0 Å². The van der Waals surface area contributed by atoms with Crippen LogP contribution in [-0.2, 0) is 4.79 Å². The van der Waals surface area contributed by atoms with Gasteiger partial charge in [0.05, 0.1) is 5.69 Å². The van der Waals surface area contributed by atoms with Crippen LogP contribution in [0, 0.1) is 0 Å². The third-order valence-corrected chi connectivity index (χ3v) is 1.98. The molecule has 0 aliphatic carbocycles. The summed E-state index contributed by atoms with van der Waals surface area (Å²) in [4.78, 5) is 11.3. The second kappa shape index (κ2) is 6.85. The average Bonchev–Trinajstić information content (AvgIpc) is 2.27. The smallest absolute Gasteiger partial charge is 0.225 e. The molecule has 0 aromatic heterocycles. The van der Waals surface area contributed by atoms with Gasteiger partial charge in [0.1, 0.15) is 0 Å². The molecule has 0 bridgehead atoms. The van der Waals surface area contributed by atoms with Crippen molar-refractivity contribution in [1.82, 2.24) is 5.01 Å². The summed E-state index contributed by atoms with van der Waals surface area (Å²) in [6.45, 7) is 0. The largest absolute Gasteiger partial charge is 0.326 e. The van der Waals surface area contributed by atoms with E-state index in [1.807, 2.05) is 6.07 Å². The van der Waals surface area contributed by atoms with E-state index in [-0.39, 0.29) is 5.91 Å². The normalized spacial score (nSPS) is 10.5. The van der Waals surface area contributed by atoms with Gasteiger partial charge in [-0.05, 0) is 18.2 Å². The minimum absolute atomic E-state index is 0.110. The number of carbonyl (C=O) groups excluding carboxylic acids is 1. The molecule has 92 valence electrons. The highest BCUT2D eigenvalue weighted by Crippen LogP contribution is 2.18. The molecule has 0 fully saturated rings. The summed E-state index contributed by atoms with van der Waals surface area (Å²) in [5.41, 5.74) is 1.37. The molecular weight excluding hydrogens is 240 g/mol. The van der Waals surface area contributed by atoms with Crippen LogP contribution in [0.1, 0.15) is 6.42 Å². The summed E-state index contributed by atoms with van der Waals surface area (Å²) in [5.74, 6) is 0.202. The van der Waals surface area contributed by atoms with E-state index in [0.29, 0.717) is 23.7 Å². The Hall–Kier alpha value is -1.62. The van der Waals surface area contributed by atoms with Gasteiger partial charge in [-0.25, -0.2) is 0 Å². The van der Waals surface area contributed by atoms with Crippen molar-refractivity contribution < 1.29 is 4.79 Å². The van der Waals surface area contributed by atoms with Crippen molar-refractivity contribution in [2.45, 2.75) is 6.42 Å². The van der Waals surface area contributed by atoms with Crippen molar-refractivity contribution in [3.63, 3.8) is 0 Å². The number of nitrogens with one attached hydrogen (secondary N) is 1. The van der Waals surface area contributed by atoms with Crippen molar-refractivity contribution in [2.24, 2.45) is 10.3 Å². The summed E-state index contributed by atoms with van der Waals surface area (Å²) in [6, 6.07) is 7.16. The fourth-order valence-electron chi connectivity index (χ4n) is 1.10. The lowest BCUT2D eigenvalue weighted by Crippen LogP contribution is -2.11. The highest BCUT2D eigenvalue weighted by Gasteiger charge is 2.01. The highest BCUT2D eigenvalue weighted by atomic mass is 35.5. The van der Waals surface area contributed by atoms with E-state index in [2.05, 4.69) is 15.7 Å². The lowest BCUT2D eigenvalue weighted by molar-refractivity contribution is -0.115. The van der Waals surface area contributed by atoms with Gasteiger partial charge in [-0.3, -0.25) is 9.80 Å². The van der Waals surface area contributed by atoms with Gasteiger partial charge in [-0.2, -0.15) is 0 Å². The second-order valence-corrected chi connectivity index (χ2v) is 3.95. The number of nitrogens with zero attached hydrogens (tertiary/aromatic N) is 3. The van der Waals surface area contributed by atoms with Gasteiger partial charge in [0.15, 0.2) is 0 Å². The molecule has 0 atom stereocenters. The molecule has 1 rings (SSSR count). The van der Waals surface area contributed by atoms with Gasteiger partial charge in [0, 0.05) is 32.1 Å². The Kier molecular flexibility index (Phi) is 5.42. The molecule has 0 unspecified atom stereocenters. The number of halogens is 1. The van der Waals surface area contributed by atoms with Crippen molar-refractivity contribution in [2.75, 3.05) is 25.3 Å². The molecule has 1 amide bonds. The Balaban J connectivity index is 2.69. The Morgan fingerprint density at radius 3 is 2.88 bits per heavy atom. The molecule has 0 heterocycles. The Morgan fingerprint density at radius 2 is 2.24 bits per heavy atom. The zero-order chi connectivity index (χ0) is 12.7. The maximum atomic E-state index is 11.3. The van der Waals surface area contributed by atoms with Crippen LogP contribution >= 0.6 is 11.6 Å². The predicted octanol–water partition coefficient (Wildman–Crippen LogP) is 2.81. The first-order valence-electron chi connectivity index (χ1n) is 5.16. The quantitative estimate of drug-likeness (QED) is 0.499. The molecule has 0 spiro atoms. The van der Waals surface area contributed by atoms with Crippen LogP contribution in [-0.4, -0.2) is 30.9 Å². The zero-order valence-electron chi connectivity index (χ0n) is 9.85. The number of anilines is 1. The minimum atomic E-state index is -0.110. The van der Waals surface area contributed by atoms with Crippen LogP contribution in [0.2, 0.25) is 0 Å². The Morgan fingerprint density at radius 1 is 1.47 bits per heavy atom. The van der Waals surface area contributed by atoms with Crippen LogP contribution < -0.4 is 5.32 Å². The van der Waals surface area contributed by atoms with Gasteiger partial charge in [0.25, 0.3) is 0 Å². The molecule has 1 N–H and O–H groups in total. The van der Waals surface area contributed by atoms with Crippen LogP contribution in [0.4, 0.5) is 11.4 Å². The molecule has 0 saturated heterocycles. The van der Waals surface area contributed by atoms with E-state index in [4.69, 9.17) is 11.6 Å². The van der Waals surface area contributed by atoms with E-state index in [1.165, 1.54) is 0 Å². The summed E-state index contributed by atoms with van der Waals surface area (Å²) in [7, 11) is 3.57. The number of hydrogen-bond acceptors (Lipinski definition) is 3. The van der Waals surface area contributed by atoms with Crippen molar-refractivity contribution >= 4 is 28.9 Å². The first-order valence-corrected chi connectivity index (χ1v) is 5.70. The van der Waals surface area contributed by atoms with Gasteiger partial charge in [-0.15, -0.1) is 16.7 Å². The summed E-state index contributed by atoms with van der Waals surface area (Å²) >= 11 is 5.48. The number of amides is 1. The number of hydrogen-bond donors (Lipinski definition) is 1. The number of rotatable bonds is 5. The number of benzene rings is 1. The van der Waals surface area contributed by atoms with E-state index >= 15 is 0 Å². The summed E-state index contributed by atoms with van der Waals surface area (Å²) in [6.07, 6.45) is 0.297. The predicted molar refractivity (Wildman–Crippen MR) is 68.6 cm³/mol. The zero-order valence-corrected chi connectivity index (χ0v) is 10.6. The maximum Gasteiger partial charge on any atom is 0.225 e. The van der Waals surface area contributed by atoms with Crippen molar-refractivity contribution in [3.8, 4) is 0 Å². The van der Waals surface area contributed by atoms with E-state index in [1.54, 1.807) is 37.3 Å². The Bertz CT molecular complexity index is 406. The van der Waals surface area contributed by atoms with Crippen LogP contribution in [0.25, 0.3) is 0 Å². The molecule has 0 aliphatic rings. The molecule has 5 nitrogen and oxygen atoms in total. The first kappa shape index (κ1) is 13.4. The van der Waals surface area contributed by atoms with E-state index in [0.717, 1.165) is 0 Å². The maximum absolute atomic E-state index is 11.3. The molecule has 6 heteroatoms. The number of alkyl halides is 1. The molecule has 0 aliphatic heterocycles. The molecule has 0 saturated carbocycles. The second-order valence-electron chi connectivity index (χ2n) is 3.57. The summed E-state index contributed by atoms with van der Waals surface area (Å²) < 4.78 is 0. The van der Waals surface area contributed by atoms with E-state index < -0.39 is 0 Å². The highest BCUT2D eigenvalue weighted by molar-refractivity contribution is 6.19.